The minimum atomic E-state index is -0.694. The fourth-order valence-electron chi connectivity index (χ4n) is 3.43. The number of para-hydroxylation sites is 1. The van der Waals surface area contributed by atoms with Crippen molar-refractivity contribution in [1.82, 2.24) is 4.57 Å². The van der Waals surface area contributed by atoms with Gasteiger partial charge in [-0.2, -0.15) is 0 Å². The largest absolute Gasteiger partial charge is 0.350 e. The molecule has 0 amide bonds. The molecular formula is C24H19F2N3OS. The van der Waals surface area contributed by atoms with E-state index < -0.39 is 11.6 Å². The number of pyridine rings is 1. The number of hydrogen-bond acceptors (Lipinski definition) is 4. The van der Waals surface area contributed by atoms with Gasteiger partial charge in [0.15, 0.2) is 0 Å². The van der Waals surface area contributed by atoms with E-state index in [0.29, 0.717) is 16.6 Å². The Balaban J connectivity index is 1.96. The van der Waals surface area contributed by atoms with Gasteiger partial charge in [-0.25, -0.2) is 8.78 Å². The van der Waals surface area contributed by atoms with Gasteiger partial charge >= 0.3 is 0 Å². The van der Waals surface area contributed by atoms with Gasteiger partial charge in [0.25, 0.3) is 5.56 Å². The highest BCUT2D eigenvalue weighted by atomic mass is 32.2. The third kappa shape index (κ3) is 4.04. The van der Waals surface area contributed by atoms with Crippen LogP contribution in [-0.4, -0.2) is 4.57 Å². The van der Waals surface area contributed by atoms with E-state index >= 15 is 0 Å². The van der Waals surface area contributed by atoms with E-state index in [1.54, 1.807) is 42.9 Å². The zero-order valence-corrected chi connectivity index (χ0v) is 17.5. The van der Waals surface area contributed by atoms with E-state index in [4.69, 9.17) is 0 Å². The summed E-state index contributed by atoms with van der Waals surface area (Å²) in [5, 5.41) is 5.86. The zero-order chi connectivity index (χ0) is 22.0. The van der Waals surface area contributed by atoms with Crippen molar-refractivity contribution in [2.75, 3.05) is 10.0 Å². The summed E-state index contributed by atoms with van der Waals surface area (Å²) in [5.74, 6) is -1.39. The van der Waals surface area contributed by atoms with Gasteiger partial charge in [-0.3, -0.25) is 4.79 Å². The van der Waals surface area contributed by atoms with Crippen LogP contribution >= 0.6 is 11.9 Å². The number of anilines is 3. The fraction of sp³-hybridized carbons (Fsp3) is 0.0417. The smallest absolute Gasteiger partial charge is 0.258 e. The monoisotopic (exact) mass is 435 g/mol. The van der Waals surface area contributed by atoms with Crippen LogP contribution in [0.2, 0.25) is 0 Å². The minimum Gasteiger partial charge on any atom is -0.350 e. The lowest BCUT2D eigenvalue weighted by Gasteiger charge is -2.17. The molecule has 1 heterocycles. The van der Waals surface area contributed by atoms with Crippen molar-refractivity contribution >= 4 is 39.8 Å². The summed E-state index contributed by atoms with van der Waals surface area (Å²) in [6.45, 7) is 3.68. The molecule has 0 aliphatic carbocycles. The number of benzene rings is 3. The Labute approximate surface area is 182 Å². The number of nitrogens with one attached hydrogen (secondary N) is 2. The number of aromatic nitrogens is 1. The molecule has 1 aromatic heterocycles. The second-order valence-electron chi connectivity index (χ2n) is 6.87. The Morgan fingerprint density at radius 3 is 2.39 bits per heavy atom. The lowest BCUT2D eigenvalue weighted by molar-refractivity contribution is 0.591. The SMILES string of the molecule is C=CSNc1ccc(Nc2c(F)cccc2F)c(-c2cn(C)c(=O)c3ccccc23)c1. The van der Waals surface area contributed by atoms with Gasteiger partial charge in [0.05, 0.1) is 0 Å². The number of fused-ring (bicyclic) bond motifs is 1. The van der Waals surface area contributed by atoms with E-state index in [-0.39, 0.29) is 11.2 Å². The second-order valence-corrected chi connectivity index (χ2v) is 7.65. The van der Waals surface area contributed by atoms with Crippen LogP contribution in [0.15, 0.2) is 83.6 Å². The zero-order valence-electron chi connectivity index (χ0n) is 16.7. The van der Waals surface area contributed by atoms with Crippen molar-refractivity contribution in [2.24, 2.45) is 7.05 Å². The Morgan fingerprint density at radius 2 is 1.68 bits per heavy atom. The van der Waals surface area contributed by atoms with E-state index in [1.165, 1.54) is 34.7 Å². The molecule has 4 aromatic rings. The van der Waals surface area contributed by atoms with Crippen molar-refractivity contribution in [2.45, 2.75) is 0 Å². The molecule has 0 atom stereocenters. The maximum Gasteiger partial charge on any atom is 0.258 e. The van der Waals surface area contributed by atoms with Gasteiger partial charge in [0.2, 0.25) is 0 Å². The van der Waals surface area contributed by atoms with Crippen molar-refractivity contribution in [1.29, 1.82) is 0 Å². The highest BCUT2D eigenvalue weighted by Gasteiger charge is 2.16. The molecule has 3 aromatic carbocycles. The second kappa shape index (κ2) is 8.65. The Hall–Kier alpha value is -3.58. The first-order chi connectivity index (χ1) is 15.0. The third-order valence-electron chi connectivity index (χ3n) is 4.88. The first-order valence-corrected chi connectivity index (χ1v) is 10.3. The molecule has 2 N–H and O–H groups in total. The highest BCUT2D eigenvalue weighted by Crippen LogP contribution is 2.37. The van der Waals surface area contributed by atoms with Crippen LogP contribution in [-0.2, 0) is 7.05 Å². The predicted octanol–water partition coefficient (Wildman–Crippen LogP) is 6.43. The van der Waals surface area contributed by atoms with Gasteiger partial charge in [-0.15, -0.1) is 0 Å². The van der Waals surface area contributed by atoms with Gasteiger partial charge < -0.3 is 14.6 Å². The molecule has 0 unspecified atom stereocenters. The molecule has 0 fully saturated rings. The summed E-state index contributed by atoms with van der Waals surface area (Å²) in [7, 11) is 1.68. The van der Waals surface area contributed by atoms with E-state index in [9.17, 15) is 13.6 Å². The minimum absolute atomic E-state index is 0.120. The van der Waals surface area contributed by atoms with Crippen LogP contribution in [0.5, 0.6) is 0 Å². The Bertz CT molecular complexity index is 1330. The summed E-state index contributed by atoms with van der Waals surface area (Å²) in [5.41, 5.74) is 2.36. The molecular weight excluding hydrogens is 416 g/mol. The molecule has 4 nitrogen and oxygen atoms in total. The molecule has 0 aliphatic rings. The first kappa shape index (κ1) is 20.7. The Morgan fingerprint density at radius 1 is 0.968 bits per heavy atom. The Kier molecular flexibility index (Phi) is 5.77. The van der Waals surface area contributed by atoms with Gasteiger partial charge in [-0.1, -0.05) is 30.8 Å². The van der Waals surface area contributed by atoms with Crippen molar-refractivity contribution in [3.05, 3.63) is 101 Å². The van der Waals surface area contributed by atoms with E-state index in [1.807, 2.05) is 18.2 Å². The number of nitrogens with zero attached hydrogens (tertiary/aromatic N) is 1. The number of aryl methyl sites for hydroxylation is 1. The predicted molar refractivity (Wildman–Crippen MR) is 126 cm³/mol. The molecule has 0 saturated carbocycles. The van der Waals surface area contributed by atoms with Crippen molar-refractivity contribution in [3.8, 4) is 11.1 Å². The summed E-state index contributed by atoms with van der Waals surface area (Å²) in [4.78, 5) is 12.6. The lowest BCUT2D eigenvalue weighted by atomic mass is 9.98. The number of rotatable bonds is 6. The maximum atomic E-state index is 14.3. The lowest BCUT2D eigenvalue weighted by Crippen LogP contribution is -2.16. The first-order valence-electron chi connectivity index (χ1n) is 9.46. The van der Waals surface area contributed by atoms with Crippen LogP contribution in [0.1, 0.15) is 0 Å². The fourth-order valence-corrected chi connectivity index (χ4v) is 3.78. The molecule has 31 heavy (non-hydrogen) atoms. The molecule has 156 valence electrons. The van der Waals surface area contributed by atoms with Crippen LogP contribution in [0.3, 0.4) is 0 Å². The molecule has 0 saturated heterocycles. The average Bonchev–Trinajstić information content (AvgIpc) is 2.78. The molecule has 0 radical (unpaired) electrons. The number of hydrogen-bond donors (Lipinski definition) is 2. The molecule has 0 bridgehead atoms. The van der Waals surface area contributed by atoms with Crippen LogP contribution in [0.4, 0.5) is 25.8 Å². The quantitative estimate of drug-likeness (QED) is 0.343. The standard InChI is InChI=1S/C24H19F2N3OS/c1-3-31-28-15-11-12-22(27-23-20(25)9-6-10-21(23)26)18(13-15)19-14-29(2)24(30)17-8-5-4-7-16(17)19/h3-14,27-28H,1H2,2H3. The summed E-state index contributed by atoms with van der Waals surface area (Å²) < 4.78 is 33.3. The van der Waals surface area contributed by atoms with Gasteiger partial charge in [0, 0.05) is 41.1 Å². The maximum absolute atomic E-state index is 14.3. The highest BCUT2D eigenvalue weighted by molar-refractivity contribution is 8.03. The van der Waals surface area contributed by atoms with Gasteiger partial charge in [0.1, 0.15) is 17.3 Å². The summed E-state index contributed by atoms with van der Waals surface area (Å²) in [6.07, 6.45) is 1.73. The summed E-state index contributed by atoms with van der Waals surface area (Å²) in [6, 6.07) is 16.4. The molecule has 0 aliphatic heterocycles. The average molecular weight is 435 g/mol. The van der Waals surface area contributed by atoms with Gasteiger partial charge in [-0.05, 0) is 59.1 Å². The molecule has 4 rings (SSSR count). The van der Waals surface area contributed by atoms with Crippen LogP contribution in [0.25, 0.3) is 21.9 Å². The topological polar surface area (TPSA) is 46.1 Å². The summed E-state index contributed by atoms with van der Waals surface area (Å²) >= 11 is 1.31. The van der Waals surface area contributed by atoms with Crippen molar-refractivity contribution < 1.29 is 8.78 Å². The van der Waals surface area contributed by atoms with E-state index in [2.05, 4.69) is 16.6 Å². The normalized spacial score (nSPS) is 10.8. The van der Waals surface area contributed by atoms with E-state index in [0.717, 1.165) is 16.6 Å². The third-order valence-corrected chi connectivity index (χ3v) is 5.40. The van der Waals surface area contributed by atoms with Crippen LogP contribution < -0.4 is 15.6 Å². The molecule has 0 spiro atoms. The van der Waals surface area contributed by atoms with Crippen LogP contribution in [0, 0.1) is 11.6 Å². The van der Waals surface area contributed by atoms with Crippen molar-refractivity contribution in [3.63, 3.8) is 0 Å². The number of halogens is 2. The molecule has 7 heteroatoms.